The maximum atomic E-state index is 5.65. The fraction of sp³-hybridized carbons (Fsp3) is 0.231. The highest BCUT2D eigenvalue weighted by Gasteiger charge is 2.13. The third-order valence-corrected chi connectivity index (χ3v) is 3.51. The van der Waals surface area contributed by atoms with Gasteiger partial charge in [0.15, 0.2) is 0 Å². The van der Waals surface area contributed by atoms with Crippen molar-refractivity contribution in [3.8, 4) is 0 Å². The van der Waals surface area contributed by atoms with Gasteiger partial charge in [-0.15, -0.1) is 11.3 Å². The normalized spacial score (nSPS) is 12.7. The zero-order valence-electron chi connectivity index (χ0n) is 9.53. The van der Waals surface area contributed by atoms with Gasteiger partial charge in [-0.2, -0.15) is 0 Å². The van der Waals surface area contributed by atoms with Gasteiger partial charge in [0.05, 0.1) is 6.04 Å². The standard InChI is InChI=1S/C13H16N2S/c1-9-6-10(2)8-11(7-9)13(15-14)12-4-3-5-16-12/h3-8,13,15H,14H2,1-2H3. The van der Waals surface area contributed by atoms with Gasteiger partial charge in [0.2, 0.25) is 0 Å². The Morgan fingerprint density at radius 3 is 2.38 bits per heavy atom. The Morgan fingerprint density at radius 1 is 1.19 bits per heavy atom. The van der Waals surface area contributed by atoms with Crippen LogP contribution in [0.15, 0.2) is 35.7 Å². The Morgan fingerprint density at radius 2 is 1.88 bits per heavy atom. The highest BCUT2D eigenvalue weighted by molar-refractivity contribution is 7.10. The summed E-state index contributed by atoms with van der Waals surface area (Å²) in [6.07, 6.45) is 0. The monoisotopic (exact) mass is 232 g/mol. The lowest BCUT2D eigenvalue weighted by Crippen LogP contribution is -2.28. The van der Waals surface area contributed by atoms with Gasteiger partial charge in [-0.1, -0.05) is 35.4 Å². The molecule has 0 saturated carbocycles. The van der Waals surface area contributed by atoms with E-state index in [4.69, 9.17) is 5.84 Å². The third-order valence-electron chi connectivity index (χ3n) is 2.57. The number of aryl methyl sites for hydroxylation is 2. The van der Waals surface area contributed by atoms with Crippen LogP contribution in [-0.2, 0) is 0 Å². The van der Waals surface area contributed by atoms with Crippen LogP contribution in [0.2, 0.25) is 0 Å². The molecule has 0 aliphatic rings. The molecule has 16 heavy (non-hydrogen) atoms. The van der Waals surface area contributed by atoms with E-state index in [2.05, 4.69) is 48.9 Å². The van der Waals surface area contributed by atoms with Crippen LogP contribution >= 0.6 is 11.3 Å². The molecule has 0 amide bonds. The molecule has 1 heterocycles. The molecule has 0 aliphatic carbocycles. The summed E-state index contributed by atoms with van der Waals surface area (Å²) in [5.41, 5.74) is 6.65. The molecular formula is C13H16N2S. The summed E-state index contributed by atoms with van der Waals surface area (Å²) in [7, 11) is 0. The van der Waals surface area contributed by atoms with E-state index in [9.17, 15) is 0 Å². The molecule has 84 valence electrons. The zero-order valence-corrected chi connectivity index (χ0v) is 10.3. The summed E-state index contributed by atoms with van der Waals surface area (Å²) >= 11 is 1.72. The molecule has 3 N–H and O–H groups in total. The van der Waals surface area contributed by atoms with Gasteiger partial charge in [0.25, 0.3) is 0 Å². The summed E-state index contributed by atoms with van der Waals surface area (Å²) in [6, 6.07) is 10.8. The van der Waals surface area contributed by atoms with Gasteiger partial charge < -0.3 is 0 Å². The van der Waals surface area contributed by atoms with Crippen LogP contribution in [0.4, 0.5) is 0 Å². The molecule has 2 rings (SSSR count). The minimum atomic E-state index is 0.0959. The molecule has 1 aromatic carbocycles. The predicted octanol–water partition coefficient (Wildman–Crippen LogP) is 2.92. The van der Waals surface area contributed by atoms with Crippen LogP contribution < -0.4 is 11.3 Å². The van der Waals surface area contributed by atoms with Crippen molar-refractivity contribution in [2.24, 2.45) is 5.84 Å². The van der Waals surface area contributed by atoms with Crippen molar-refractivity contribution in [3.63, 3.8) is 0 Å². The van der Waals surface area contributed by atoms with E-state index in [-0.39, 0.29) is 6.04 Å². The molecule has 3 heteroatoms. The molecule has 0 spiro atoms. The van der Waals surface area contributed by atoms with Gasteiger partial charge in [0.1, 0.15) is 0 Å². The number of thiophene rings is 1. The van der Waals surface area contributed by atoms with Crippen LogP contribution in [0.1, 0.15) is 27.6 Å². The molecule has 1 unspecified atom stereocenters. The Balaban J connectivity index is 2.41. The first-order chi connectivity index (χ1) is 7.70. The second kappa shape index (κ2) is 4.78. The van der Waals surface area contributed by atoms with Gasteiger partial charge in [-0.25, -0.2) is 5.43 Å². The first-order valence-corrected chi connectivity index (χ1v) is 6.16. The topological polar surface area (TPSA) is 38.0 Å². The third kappa shape index (κ3) is 2.32. The number of benzene rings is 1. The van der Waals surface area contributed by atoms with Crippen LogP contribution in [0.3, 0.4) is 0 Å². The van der Waals surface area contributed by atoms with Crippen molar-refractivity contribution in [1.29, 1.82) is 0 Å². The highest BCUT2D eigenvalue weighted by atomic mass is 32.1. The summed E-state index contributed by atoms with van der Waals surface area (Å²) in [5.74, 6) is 5.65. The van der Waals surface area contributed by atoms with E-state index < -0.39 is 0 Å². The summed E-state index contributed by atoms with van der Waals surface area (Å²) < 4.78 is 0. The minimum absolute atomic E-state index is 0.0959. The van der Waals surface area contributed by atoms with Crippen molar-refractivity contribution in [2.45, 2.75) is 19.9 Å². The first-order valence-electron chi connectivity index (χ1n) is 5.28. The second-order valence-electron chi connectivity index (χ2n) is 4.04. The molecule has 0 radical (unpaired) electrons. The van der Waals surface area contributed by atoms with Crippen LogP contribution in [0.5, 0.6) is 0 Å². The lowest BCUT2D eigenvalue weighted by Gasteiger charge is -2.16. The summed E-state index contributed by atoms with van der Waals surface area (Å²) in [5, 5.41) is 2.07. The number of nitrogens with two attached hydrogens (primary N) is 1. The number of hydrogen-bond donors (Lipinski definition) is 2. The molecule has 0 bridgehead atoms. The Kier molecular flexibility index (Phi) is 3.39. The fourth-order valence-corrected chi connectivity index (χ4v) is 2.79. The van der Waals surface area contributed by atoms with Crippen molar-refractivity contribution < 1.29 is 0 Å². The summed E-state index contributed by atoms with van der Waals surface area (Å²) in [6.45, 7) is 4.22. The van der Waals surface area contributed by atoms with Crippen LogP contribution in [-0.4, -0.2) is 0 Å². The smallest absolute Gasteiger partial charge is 0.0802 e. The number of hydrogen-bond acceptors (Lipinski definition) is 3. The SMILES string of the molecule is Cc1cc(C)cc(C(NN)c2cccs2)c1. The van der Waals surface area contributed by atoms with Gasteiger partial charge in [0, 0.05) is 4.88 Å². The Hall–Kier alpha value is -1.16. The maximum Gasteiger partial charge on any atom is 0.0802 e. The molecule has 2 aromatic rings. The number of rotatable bonds is 3. The van der Waals surface area contributed by atoms with E-state index >= 15 is 0 Å². The maximum absolute atomic E-state index is 5.65. The van der Waals surface area contributed by atoms with Gasteiger partial charge in [-0.3, -0.25) is 5.84 Å². The van der Waals surface area contributed by atoms with Crippen LogP contribution in [0, 0.1) is 13.8 Å². The first kappa shape index (κ1) is 11.3. The molecule has 0 fully saturated rings. The van der Waals surface area contributed by atoms with E-state index in [0.29, 0.717) is 0 Å². The highest BCUT2D eigenvalue weighted by Crippen LogP contribution is 2.26. The lowest BCUT2D eigenvalue weighted by atomic mass is 10.0. The largest absolute Gasteiger partial charge is 0.271 e. The summed E-state index contributed by atoms with van der Waals surface area (Å²) in [4.78, 5) is 1.24. The lowest BCUT2D eigenvalue weighted by molar-refractivity contribution is 0.646. The second-order valence-corrected chi connectivity index (χ2v) is 5.02. The molecular weight excluding hydrogens is 216 g/mol. The minimum Gasteiger partial charge on any atom is -0.271 e. The molecule has 2 nitrogen and oxygen atoms in total. The van der Waals surface area contributed by atoms with Crippen LogP contribution in [0.25, 0.3) is 0 Å². The quantitative estimate of drug-likeness (QED) is 0.631. The molecule has 1 atom stereocenters. The van der Waals surface area contributed by atoms with Crippen molar-refractivity contribution in [3.05, 3.63) is 57.3 Å². The average Bonchev–Trinajstić information content (AvgIpc) is 2.70. The predicted molar refractivity (Wildman–Crippen MR) is 69.4 cm³/mol. The van der Waals surface area contributed by atoms with Crippen molar-refractivity contribution in [1.82, 2.24) is 5.43 Å². The van der Waals surface area contributed by atoms with E-state index in [1.807, 2.05) is 6.07 Å². The molecule has 1 aromatic heterocycles. The van der Waals surface area contributed by atoms with E-state index in [0.717, 1.165) is 0 Å². The van der Waals surface area contributed by atoms with Gasteiger partial charge >= 0.3 is 0 Å². The van der Waals surface area contributed by atoms with Crippen molar-refractivity contribution >= 4 is 11.3 Å². The number of hydrazine groups is 1. The number of nitrogens with one attached hydrogen (secondary N) is 1. The molecule has 0 saturated heterocycles. The molecule has 0 aliphatic heterocycles. The zero-order chi connectivity index (χ0) is 11.5. The Bertz CT molecular complexity index is 443. The van der Waals surface area contributed by atoms with Crippen molar-refractivity contribution in [2.75, 3.05) is 0 Å². The Labute approximate surface area is 100 Å². The van der Waals surface area contributed by atoms with E-state index in [1.54, 1.807) is 11.3 Å². The fourth-order valence-electron chi connectivity index (χ4n) is 1.97. The average molecular weight is 232 g/mol. The van der Waals surface area contributed by atoms with Gasteiger partial charge in [-0.05, 0) is 30.9 Å². The van der Waals surface area contributed by atoms with E-state index in [1.165, 1.54) is 21.6 Å².